The Bertz CT molecular complexity index is 777. The van der Waals surface area contributed by atoms with Gasteiger partial charge in [-0.25, -0.2) is 4.98 Å². The third-order valence-electron chi connectivity index (χ3n) is 3.19. The van der Waals surface area contributed by atoms with E-state index >= 15 is 0 Å². The molecule has 2 aromatic heterocycles. The van der Waals surface area contributed by atoms with Gasteiger partial charge in [0.1, 0.15) is 11.3 Å². The molecule has 0 aliphatic rings. The normalized spacial score (nSPS) is 10.8. The summed E-state index contributed by atoms with van der Waals surface area (Å²) in [7, 11) is 0. The van der Waals surface area contributed by atoms with E-state index in [-0.39, 0.29) is 0 Å². The number of aryl methyl sites for hydroxylation is 1. The molecule has 0 aliphatic carbocycles. The second-order valence-electron chi connectivity index (χ2n) is 4.37. The van der Waals surface area contributed by atoms with Crippen molar-refractivity contribution in [2.45, 2.75) is 13.5 Å². The molecule has 1 amide bonds. The molecule has 0 unspecified atom stereocenters. The summed E-state index contributed by atoms with van der Waals surface area (Å²) in [6.07, 6.45) is 3.46. The monoisotopic (exact) mass is 265 g/mol. The first-order chi connectivity index (χ1) is 9.72. The fourth-order valence-corrected chi connectivity index (χ4v) is 2.31. The van der Waals surface area contributed by atoms with E-state index in [1.807, 2.05) is 29.7 Å². The molecule has 0 aliphatic heterocycles. The van der Waals surface area contributed by atoms with Crippen LogP contribution >= 0.6 is 0 Å². The molecule has 0 saturated carbocycles. The van der Waals surface area contributed by atoms with Crippen molar-refractivity contribution in [2.75, 3.05) is 0 Å². The molecule has 3 aromatic rings. The molecule has 0 atom stereocenters. The number of carbonyl (C=O) groups is 1. The van der Waals surface area contributed by atoms with Gasteiger partial charge in [-0.05, 0) is 31.2 Å². The topological polar surface area (TPSA) is 73.8 Å². The fourth-order valence-electron chi connectivity index (χ4n) is 2.31. The lowest BCUT2D eigenvalue weighted by Gasteiger charge is -2.05. The Balaban J connectivity index is 2.34. The first-order valence-electron chi connectivity index (χ1n) is 6.33. The van der Waals surface area contributed by atoms with Crippen LogP contribution in [0.3, 0.4) is 0 Å². The maximum atomic E-state index is 11.5. The van der Waals surface area contributed by atoms with Crippen LogP contribution in [0.5, 0.6) is 0 Å². The van der Waals surface area contributed by atoms with E-state index in [1.165, 1.54) is 0 Å². The number of fused-ring (bicyclic) bond motifs is 1. The average Bonchev–Trinajstić information content (AvgIpc) is 2.86. The Labute approximate surface area is 116 Å². The van der Waals surface area contributed by atoms with Gasteiger partial charge in [-0.2, -0.15) is 0 Å². The summed E-state index contributed by atoms with van der Waals surface area (Å²) >= 11 is 0. The highest BCUT2D eigenvalue weighted by Crippen LogP contribution is 2.26. The van der Waals surface area contributed by atoms with Gasteiger partial charge in [0.2, 0.25) is 0 Å². The molecule has 5 heteroatoms. The van der Waals surface area contributed by atoms with Crippen LogP contribution in [0.1, 0.15) is 17.3 Å². The lowest BCUT2D eigenvalue weighted by Crippen LogP contribution is -2.11. The minimum absolute atomic E-state index is 0.319. The quantitative estimate of drug-likeness (QED) is 0.787. The number of rotatable bonds is 3. The molecule has 1 aromatic carbocycles. The molecule has 0 spiro atoms. The molecule has 2 heterocycles. The predicted octanol–water partition coefficient (Wildman–Crippen LogP) is 2.02. The lowest BCUT2D eigenvalue weighted by atomic mass is 10.2. The van der Waals surface area contributed by atoms with Gasteiger partial charge in [-0.1, -0.05) is 6.07 Å². The van der Waals surface area contributed by atoms with E-state index in [2.05, 4.69) is 16.0 Å². The number of imidazole rings is 1. The number of pyridine rings is 1. The SMILES string of the molecule is CCn1c(-c2cccnc2)nc2c(C(N)=O)[c]ccc21. The van der Waals surface area contributed by atoms with Gasteiger partial charge in [0.15, 0.2) is 0 Å². The summed E-state index contributed by atoms with van der Waals surface area (Å²) in [6.45, 7) is 2.77. The zero-order chi connectivity index (χ0) is 14.1. The van der Waals surface area contributed by atoms with E-state index in [1.54, 1.807) is 18.5 Å². The molecule has 0 bridgehead atoms. The summed E-state index contributed by atoms with van der Waals surface area (Å²) in [4.78, 5) is 20.2. The Hall–Kier alpha value is -2.69. The highest BCUT2D eigenvalue weighted by Gasteiger charge is 2.16. The van der Waals surface area contributed by atoms with Crippen LogP contribution in [0.4, 0.5) is 0 Å². The molecule has 0 saturated heterocycles. The Morgan fingerprint density at radius 2 is 2.30 bits per heavy atom. The molecule has 0 fully saturated rings. The highest BCUT2D eigenvalue weighted by atomic mass is 16.1. The van der Waals surface area contributed by atoms with Gasteiger partial charge in [-0.3, -0.25) is 9.78 Å². The van der Waals surface area contributed by atoms with Gasteiger partial charge in [0.25, 0.3) is 5.91 Å². The van der Waals surface area contributed by atoms with Crippen molar-refractivity contribution in [3.63, 3.8) is 0 Å². The van der Waals surface area contributed by atoms with Crippen molar-refractivity contribution < 1.29 is 4.79 Å². The van der Waals surface area contributed by atoms with Crippen molar-refractivity contribution in [3.05, 3.63) is 48.3 Å². The van der Waals surface area contributed by atoms with Gasteiger partial charge < -0.3 is 10.3 Å². The predicted molar refractivity (Wildman–Crippen MR) is 76.0 cm³/mol. The average molecular weight is 265 g/mol. The molecule has 2 N–H and O–H groups in total. The Morgan fingerprint density at radius 1 is 1.45 bits per heavy atom. The van der Waals surface area contributed by atoms with Crippen molar-refractivity contribution in [3.8, 4) is 11.4 Å². The van der Waals surface area contributed by atoms with Crippen molar-refractivity contribution in [1.82, 2.24) is 14.5 Å². The second-order valence-corrected chi connectivity index (χ2v) is 4.37. The number of primary amides is 1. The number of hydrogen-bond donors (Lipinski definition) is 1. The number of nitrogens with two attached hydrogens (primary N) is 1. The lowest BCUT2D eigenvalue weighted by molar-refractivity contribution is 0.100. The highest BCUT2D eigenvalue weighted by molar-refractivity contribution is 6.04. The van der Waals surface area contributed by atoms with Crippen LogP contribution in [0.25, 0.3) is 22.4 Å². The van der Waals surface area contributed by atoms with Crippen LogP contribution in [-0.4, -0.2) is 20.4 Å². The summed E-state index contributed by atoms with van der Waals surface area (Å²) in [5.41, 5.74) is 8.07. The van der Waals surface area contributed by atoms with Crippen LogP contribution < -0.4 is 5.73 Å². The van der Waals surface area contributed by atoms with Crippen molar-refractivity contribution >= 4 is 16.9 Å². The molecule has 99 valence electrons. The first-order valence-corrected chi connectivity index (χ1v) is 6.33. The van der Waals surface area contributed by atoms with Gasteiger partial charge in [-0.15, -0.1) is 0 Å². The fraction of sp³-hybridized carbons (Fsp3) is 0.133. The maximum absolute atomic E-state index is 11.5. The Kier molecular flexibility index (Phi) is 2.95. The Morgan fingerprint density at radius 3 is 2.95 bits per heavy atom. The van der Waals surface area contributed by atoms with Crippen LogP contribution in [0, 0.1) is 6.07 Å². The summed E-state index contributed by atoms with van der Waals surface area (Å²) in [6, 6.07) is 10.2. The van der Waals surface area contributed by atoms with Gasteiger partial charge >= 0.3 is 0 Å². The molecule has 1 radical (unpaired) electrons. The van der Waals surface area contributed by atoms with E-state index in [9.17, 15) is 4.79 Å². The number of nitrogens with zero attached hydrogens (tertiary/aromatic N) is 3. The smallest absolute Gasteiger partial charge is 0.251 e. The maximum Gasteiger partial charge on any atom is 0.251 e. The minimum atomic E-state index is -0.519. The number of amides is 1. The van der Waals surface area contributed by atoms with Crippen molar-refractivity contribution in [1.29, 1.82) is 0 Å². The number of carbonyl (C=O) groups excluding carboxylic acids is 1. The molecular formula is C15H13N4O. The van der Waals surface area contributed by atoms with Gasteiger partial charge in [0, 0.05) is 24.5 Å². The molecule has 3 rings (SSSR count). The van der Waals surface area contributed by atoms with Crippen LogP contribution in [0.15, 0.2) is 36.7 Å². The number of hydrogen-bond acceptors (Lipinski definition) is 3. The minimum Gasteiger partial charge on any atom is -0.366 e. The van der Waals surface area contributed by atoms with Crippen LogP contribution in [0.2, 0.25) is 0 Å². The van der Waals surface area contributed by atoms with Crippen molar-refractivity contribution in [2.24, 2.45) is 5.73 Å². The van der Waals surface area contributed by atoms with Gasteiger partial charge in [0.05, 0.1) is 11.1 Å². The zero-order valence-corrected chi connectivity index (χ0v) is 11.0. The second kappa shape index (κ2) is 4.77. The largest absolute Gasteiger partial charge is 0.366 e. The standard InChI is InChI=1S/C15H13N4O/c1-2-19-12-7-3-6-11(14(16)20)13(12)18-15(19)10-5-4-8-17-9-10/h3-5,7-9H,2H2,1H3,(H2,16,20). The molecule has 5 nitrogen and oxygen atoms in total. The number of benzene rings is 1. The zero-order valence-electron chi connectivity index (χ0n) is 11.0. The summed E-state index contributed by atoms with van der Waals surface area (Å²) in [5, 5.41) is 0. The van der Waals surface area contributed by atoms with E-state index in [0.717, 1.165) is 23.4 Å². The third-order valence-corrected chi connectivity index (χ3v) is 3.19. The van der Waals surface area contributed by atoms with E-state index in [4.69, 9.17) is 5.73 Å². The third kappa shape index (κ3) is 1.84. The summed E-state index contributed by atoms with van der Waals surface area (Å²) in [5.74, 6) is 0.256. The molecule has 20 heavy (non-hydrogen) atoms. The van der Waals surface area contributed by atoms with Crippen LogP contribution in [-0.2, 0) is 6.54 Å². The first kappa shape index (κ1) is 12.3. The van der Waals surface area contributed by atoms with E-state index < -0.39 is 5.91 Å². The molecular weight excluding hydrogens is 252 g/mol. The number of aromatic nitrogens is 3. The summed E-state index contributed by atoms with van der Waals surface area (Å²) < 4.78 is 2.03. The van der Waals surface area contributed by atoms with E-state index in [0.29, 0.717) is 11.1 Å².